The minimum absolute atomic E-state index is 0.0206. The summed E-state index contributed by atoms with van der Waals surface area (Å²) in [5, 5.41) is 11.8. The van der Waals surface area contributed by atoms with E-state index in [-0.39, 0.29) is 11.3 Å². The molecule has 4 rings (SSSR count). The van der Waals surface area contributed by atoms with Crippen LogP contribution in [0.1, 0.15) is 31.0 Å². The second kappa shape index (κ2) is 11.0. The minimum Gasteiger partial charge on any atom is -0.507 e. The van der Waals surface area contributed by atoms with E-state index in [0.29, 0.717) is 33.3 Å². The molecule has 8 heteroatoms. The third-order valence-electron chi connectivity index (χ3n) is 6.53. The molecule has 3 aromatic carbocycles. The van der Waals surface area contributed by atoms with Crippen molar-refractivity contribution in [1.82, 2.24) is 0 Å². The highest BCUT2D eigenvalue weighted by atomic mass is 35.5. The van der Waals surface area contributed by atoms with Crippen LogP contribution in [0.4, 0.5) is 11.4 Å². The van der Waals surface area contributed by atoms with Gasteiger partial charge in [-0.05, 0) is 67.9 Å². The second-order valence-electron chi connectivity index (χ2n) is 8.48. The fourth-order valence-corrected chi connectivity index (χ4v) is 4.82. The monoisotopic (exact) mass is 520 g/mol. The summed E-state index contributed by atoms with van der Waals surface area (Å²) in [6.07, 6.45) is 0. The lowest BCUT2D eigenvalue weighted by Gasteiger charge is -2.27. The molecule has 1 heterocycles. The Morgan fingerprint density at radius 3 is 2.22 bits per heavy atom. The summed E-state index contributed by atoms with van der Waals surface area (Å²) < 4.78 is 10.7. The molecule has 0 saturated carbocycles. The predicted octanol–water partition coefficient (Wildman–Crippen LogP) is 5.83. The molecule has 1 aliphatic heterocycles. The Morgan fingerprint density at radius 1 is 0.946 bits per heavy atom. The summed E-state index contributed by atoms with van der Waals surface area (Å²) in [6, 6.07) is 18.4. The number of amides is 1. The highest BCUT2D eigenvalue weighted by Crippen LogP contribution is 2.43. The van der Waals surface area contributed by atoms with E-state index in [4.69, 9.17) is 21.1 Å². The van der Waals surface area contributed by atoms with Crippen LogP contribution in [0, 0.1) is 0 Å². The lowest BCUT2D eigenvalue weighted by molar-refractivity contribution is -0.132. The van der Waals surface area contributed by atoms with Gasteiger partial charge in [-0.25, -0.2) is 0 Å². The number of aliphatic hydroxyl groups excluding tert-OH is 1. The number of nitrogens with zero attached hydrogens (tertiary/aromatic N) is 2. The van der Waals surface area contributed by atoms with Gasteiger partial charge < -0.3 is 19.5 Å². The summed E-state index contributed by atoms with van der Waals surface area (Å²) in [4.78, 5) is 30.4. The van der Waals surface area contributed by atoms with Gasteiger partial charge in [-0.1, -0.05) is 29.8 Å². The van der Waals surface area contributed by atoms with E-state index >= 15 is 0 Å². The Labute approximate surface area is 221 Å². The molecule has 0 aliphatic carbocycles. The zero-order valence-corrected chi connectivity index (χ0v) is 22.0. The van der Waals surface area contributed by atoms with Crippen molar-refractivity contribution in [2.75, 3.05) is 37.1 Å². The smallest absolute Gasteiger partial charge is 0.300 e. The lowest BCUT2D eigenvalue weighted by Crippen LogP contribution is -2.29. The molecule has 0 radical (unpaired) electrons. The first-order valence-corrected chi connectivity index (χ1v) is 12.4. The van der Waals surface area contributed by atoms with Gasteiger partial charge in [-0.2, -0.15) is 0 Å². The number of ether oxygens (including phenoxy) is 2. The van der Waals surface area contributed by atoms with E-state index in [1.54, 1.807) is 42.5 Å². The Kier molecular flexibility index (Phi) is 7.74. The van der Waals surface area contributed by atoms with E-state index in [1.807, 2.05) is 24.3 Å². The maximum absolute atomic E-state index is 13.4. The normalized spacial score (nSPS) is 16.7. The first-order chi connectivity index (χ1) is 17.8. The highest BCUT2D eigenvalue weighted by Gasteiger charge is 2.47. The molecule has 0 spiro atoms. The molecule has 0 bridgehead atoms. The Morgan fingerprint density at radius 2 is 1.62 bits per heavy atom. The van der Waals surface area contributed by atoms with E-state index < -0.39 is 17.7 Å². The fraction of sp³-hybridized carbons (Fsp3) is 0.241. The van der Waals surface area contributed by atoms with E-state index in [0.717, 1.165) is 18.8 Å². The number of hydrogen-bond acceptors (Lipinski definition) is 6. The van der Waals surface area contributed by atoms with Crippen LogP contribution in [0.5, 0.6) is 11.5 Å². The fourth-order valence-electron chi connectivity index (χ4n) is 4.64. The summed E-state index contributed by atoms with van der Waals surface area (Å²) >= 11 is 6.23. The third-order valence-corrected chi connectivity index (χ3v) is 6.76. The van der Waals surface area contributed by atoms with E-state index in [9.17, 15) is 14.7 Å². The summed E-state index contributed by atoms with van der Waals surface area (Å²) in [7, 11) is 2.99. The number of ketones is 1. The van der Waals surface area contributed by atoms with Gasteiger partial charge in [0.1, 0.15) is 5.76 Å². The van der Waals surface area contributed by atoms with Gasteiger partial charge in [0.15, 0.2) is 11.5 Å². The Hall–Kier alpha value is -3.97. The molecule has 1 N–H and O–H groups in total. The number of carbonyl (C=O) groups excluding carboxylic acids is 2. The topological polar surface area (TPSA) is 79.3 Å². The predicted molar refractivity (Wildman–Crippen MR) is 146 cm³/mol. The van der Waals surface area contributed by atoms with Crippen molar-refractivity contribution in [2.24, 2.45) is 0 Å². The van der Waals surface area contributed by atoms with Gasteiger partial charge in [-0.15, -0.1) is 0 Å². The van der Waals surface area contributed by atoms with Crippen molar-refractivity contribution in [1.29, 1.82) is 0 Å². The quantitative estimate of drug-likeness (QED) is 0.229. The van der Waals surface area contributed by atoms with Gasteiger partial charge in [0.2, 0.25) is 0 Å². The zero-order valence-electron chi connectivity index (χ0n) is 21.2. The molecular weight excluding hydrogens is 492 g/mol. The largest absolute Gasteiger partial charge is 0.507 e. The molecule has 37 heavy (non-hydrogen) atoms. The van der Waals surface area contributed by atoms with Crippen LogP contribution in [0.25, 0.3) is 5.76 Å². The molecule has 1 fully saturated rings. The first-order valence-electron chi connectivity index (χ1n) is 12.0. The average Bonchev–Trinajstić information content (AvgIpc) is 3.19. The van der Waals surface area contributed by atoms with Gasteiger partial charge in [0.25, 0.3) is 11.7 Å². The number of aliphatic hydroxyl groups is 1. The van der Waals surface area contributed by atoms with Crippen molar-refractivity contribution in [3.8, 4) is 11.5 Å². The number of carbonyl (C=O) groups is 2. The van der Waals surface area contributed by atoms with Crippen LogP contribution in [0.2, 0.25) is 5.02 Å². The van der Waals surface area contributed by atoms with E-state index in [2.05, 4.69) is 18.7 Å². The number of halogens is 1. The summed E-state index contributed by atoms with van der Waals surface area (Å²) in [5.74, 6) is -0.980. The Balaban J connectivity index is 1.91. The van der Waals surface area contributed by atoms with Crippen molar-refractivity contribution >= 4 is 40.4 Å². The van der Waals surface area contributed by atoms with Crippen molar-refractivity contribution in [3.63, 3.8) is 0 Å². The van der Waals surface area contributed by atoms with Gasteiger partial charge >= 0.3 is 0 Å². The SMILES string of the molecule is CCN(CC)c1ccc(C2/C(=C(\O)c3ccc(OC)c(OC)c3)C(=O)C(=O)N2c2cccc(Cl)c2)cc1. The minimum atomic E-state index is -0.864. The zero-order chi connectivity index (χ0) is 26.7. The number of anilines is 2. The molecule has 7 nitrogen and oxygen atoms in total. The lowest BCUT2D eigenvalue weighted by atomic mass is 9.94. The third kappa shape index (κ3) is 4.87. The molecule has 0 aromatic heterocycles. The number of hydrogen-bond donors (Lipinski definition) is 1. The maximum atomic E-state index is 13.4. The summed E-state index contributed by atoms with van der Waals surface area (Å²) in [5.41, 5.74) is 2.46. The van der Waals surface area contributed by atoms with Crippen LogP contribution >= 0.6 is 11.6 Å². The van der Waals surface area contributed by atoms with Crippen LogP contribution in [0.3, 0.4) is 0 Å². The van der Waals surface area contributed by atoms with Crippen molar-refractivity contribution in [2.45, 2.75) is 19.9 Å². The van der Waals surface area contributed by atoms with Crippen LogP contribution in [0.15, 0.2) is 72.3 Å². The van der Waals surface area contributed by atoms with Crippen LogP contribution in [-0.2, 0) is 9.59 Å². The van der Waals surface area contributed by atoms with Gasteiger partial charge in [0, 0.05) is 35.1 Å². The molecule has 192 valence electrons. The molecule has 1 aliphatic rings. The average molecular weight is 521 g/mol. The number of methoxy groups -OCH3 is 2. The molecule has 1 unspecified atom stereocenters. The molecule has 1 atom stereocenters. The van der Waals surface area contributed by atoms with Crippen molar-refractivity contribution < 1.29 is 24.2 Å². The van der Waals surface area contributed by atoms with Crippen molar-refractivity contribution in [3.05, 3.63) is 88.5 Å². The number of Topliss-reactive ketones (excluding diaryl/α,β-unsaturated/α-hetero) is 1. The second-order valence-corrected chi connectivity index (χ2v) is 8.92. The Bertz CT molecular complexity index is 1350. The van der Waals surface area contributed by atoms with Crippen LogP contribution in [-0.4, -0.2) is 44.1 Å². The molecule has 1 amide bonds. The summed E-state index contributed by atoms with van der Waals surface area (Å²) in [6.45, 7) is 5.84. The van der Waals surface area contributed by atoms with Crippen LogP contribution < -0.4 is 19.3 Å². The van der Waals surface area contributed by atoms with Gasteiger partial charge in [-0.3, -0.25) is 14.5 Å². The number of benzene rings is 3. The molecule has 1 saturated heterocycles. The molecular formula is C29H29ClN2O5. The number of rotatable bonds is 8. The standard InChI is InChI=1S/C29H29ClN2O5/c1-5-31(6-2)21-13-10-18(11-14-21)26-25(27(33)19-12-15-23(36-3)24(16-19)37-4)28(34)29(35)32(26)22-9-7-8-20(30)17-22/h7-17,26,33H,5-6H2,1-4H3/b27-25+. The maximum Gasteiger partial charge on any atom is 0.300 e. The van der Waals surface area contributed by atoms with E-state index in [1.165, 1.54) is 19.1 Å². The molecule has 3 aromatic rings. The first kappa shape index (κ1) is 26.1. The van der Waals surface area contributed by atoms with Gasteiger partial charge in [0.05, 0.1) is 25.8 Å². The highest BCUT2D eigenvalue weighted by molar-refractivity contribution is 6.51.